The lowest BCUT2D eigenvalue weighted by Crippen LogP contribution is -2.24. The molecule has 7 nitrogen and oxygen atoms in total. The van der Waals surface area contributed by atoms with E-state index in [4.69, 9.17) is 8.75 Å². The van der Waals surface area contributed by atoms with Crippen LogP contribution in [0.5, 0.6) is 0 Å². The predicted molar refractivity (Wildman–Crippen MR) is 293 cm³/mol. The van der Waals surface area contributed by atoms with Crippen molar-refractivity contribution in [2.75, 3.05) is 0 Å². The van der Waals surface area contributed by atoms with Gasteiger partial charge in [-0.1, -0.05) is 76.2 Å². The van der Waals surface area contributed by atoms with E-state index >= 15 is 8.78 Å². The molecular formula is C57H36F2N6OS6. The normalized spacial score (nSPS) is 17.0. The highest BCUT2D eigenvalue weighted by molar-refractivity contribution is 7.32. The van der Waals surface area contributed by atoms with Crippen LogP contribution in [0.2, 0.25) is 0 Å². The maximum atomic E-state index is 17.5. The second kappa shape index (κ2) is 15.1. The predicted octanol–water partition coefficient (Wildman–Crippen LogP) is 17.0. The summed E-state index contributed by atoms with van der Waals surface area (Å²) in [7, 11) is 0. The molecule has 0 bridgehead atoms. The zero-order valence-corrected chi connectivity index (χ0v) is 44.2. The highest BCUT2D eigenvalue weighted by Gasteiger charge is 2.49. The molecule has 6 aromatic heterocycles. The summed E-state index contributed by atoms with van der Waals surface area (Å²) in [5.41, 5.74) is 12.4. The van der Waals surface area contributed by atoms with Crippen LogP contribution in [-0.4, -0.2) is 23.3 Å². The van der Waals surface area contributed by atoms with Crippen molar-refractivity contribution in [3.8, 4) is 53.9 Å². The summed E-state index contributed by atoms with van der Waals surface area (Å²) in [4.78, 5) is 17.7. The summed E-state index contributed by atoms with van der Waals surface area (Å²) < 4.78 is 56.9. The molecule has 3 aliphatic carbocycles. The van der Waals surface area contributed by atoms with Crippen molar-refractivity contribution in [3.63, 3.8) is 0 Å². The molecule has 5 aromatic carbocycles. The van der Waals surface area contributed by atoms with Crippen molar-refractivity contribution >= 4 is 132 Å². The van der Waals surface area contributed by atoms with Crippen LogP contribution in [0.4, 0.5) is 8.78 Å². The van der Waals surface area contributed by atoms with Gasteiger partial charge in [-0.25, -0.2) is 8.78 Å². The lowest BCUT2D eigenvalue weighted by atomic mass is 9.75. The number of hydrogen-bond acceptors (Lipinski definition) is 13. The topological polar surface area (TPSA) is 116 Å². The molecule has 0 N–H and O–H groups in total. The summed E-state index contributed by atoms with van der Waals surface area (Å²) >= 11 is 8.55. The Morgan fingerprint density at radius 2 is 1.12 bits per heavy atom. The summed E-state index contributed by atoms with van der Waals surface area (Å²) in [6.07, 6.45) is 1.67. The van der Waals surface area contributed by atoms with Crippen molar-refractivity contribution in [2.45, 2.75) is 71.6 Å². The number of ketones is 1. The number of aryl methyl sites for hydroxylation is 2. The van der Waals surface area contributed by atoms with Gasteiger partial charge in [0.25, 0.3) is 0 Å². The number of allylic oxidation sites excluding steroid dienone is 2. The van der Waals surface area contributed by atoms with Crippen LogP contribution in [-0.2, 0) is 17.3 Å². The molecule has 0 saturated carbocycles. The van der Waals surface area contributed by atoms with E-state index in [0.29, 0.717) is 56.5 Å². The molecule has 6 heterocycles. The molecule has 0 fully saturated rings. The highest BCUT2D eigenvalue weighted by atomic mass is 32.1. The second-order valence-corrected chi connectivity index (χ2v) is 25.7. The maximum Gasteiger partial charge on any atom is 0.173 e. The molecule has 15 heteroatoms. The fraction of sp³-hybridized carbons (Fsp3) is 0.211. The Morgan fingerprint density at radius 1 is 0.611 bits per heavy atom. The summed E-state index contributed by atoms with van der Waals surface area (Å²) in [5.74, 6) is -0.474. The molecule has 1 atom stereocenters. The number of halogens is 2. The number of fused-ring (bicyclic) bond motifs is 14. The van der Waals surface area contributed by atoms with Crippen LogP contribution in [0.15, 0.2) is 78.4 Å². The van der Waals surface area contributed by atoms with Crippen LogP contribution in [0.3, 0.4) is 0 Å². The molecule has 1 unspecified atom stereocenters. The van der Waals surface area contributed by atoms with Gasteiger partial charge in [-0.3, -0.25) is 4.79 Å². The average Bonchev–Trinajstić information content (AvgIpc) is 4.23. The van der Waals surface area contributed by atoms with Crippen LogP contribution in [0.1, 0.15) is 96.8 Å². The molecule has 0 aliphatic heterocycles. The standard InChI is InChI=1S/C57H36F2N6OS6/c1-24-13-15-31(46-44(24)62-71-64-46)35-20-26-18-33-37(42(58)48(26)67-35)50-40(55(33,2)3)52-53(69-50)41-51(70-52)38-34(56(41,4)5)19-27-21-36(68-49(27)43(38)59)32-16-14-25(45-47(32)65-72-63-45)10-9-17-57(6)39(28(22-60)23-61)29-11-7-8-12-30(29)54(57)66/h7-8,11-16,18-21H,9-10,17H2,1-6H3. The van der Waals surface area contributed by atoms with E-state index in [2.05, 4.69) is 78.9 Å². The first-order valence-corrected chi connectivity index (χ1v) is 28.2. The Kier molecular flexibility index (Phi) is 9.27. The van der Waals surface area contributed by atoms with Gasteiger partial charge in [-0.15, -0.1) is 45.3 Å². The molecule has 0 radical (unpaired) electrons. The smallest absolute Gasteiger partial charge is 0.173 e. The zero-order chi connectivity index (χ0) is 49.5. The van der Waals surface area contributed by atoms with E-state index in [0.717, 1.165) is 118 Å². The number of nitrogens with zero attached hydrogens (tertiary/aromatic N) is 6. The third-order valence-electron chi connectivity index (χ3n) is 15.8. The van der Waals surface area contributed by atoms with Crippen LogP contribution >= 0.6 is 68.8 Å². The van der Waals surface area contributed by atoms with Crippen LogP contribution < -0.4 is 0 Å². The second-order valence-electron chi connectivity index (χ2n) is 20.5. The van der Waals surface area contributed by atoms with Gasteiger partial charge >= 0.3 is 0 Å². The van der Waals surface area contributed by atoms with E-state index in [9.17, 15) is 15.3 Å². The Balaban J connectivity index is 0.804. The van der Waals surface area contributed by atoms with Gasteiger partial charge in [0.05, 0.1) is 47.7 Å². The molecule has 0 amide bonds. The van der Waals surface area contributed by atoms with Crippen molar-refractivity contribution in [1.82, 2.24) is 17.5 Å². The van der Waals surface area contributed by atoms with Crippen molar-refractivity contribution < 1.29 is 13.6 Å². The number of hydrogen-bond donors (Lipinski definition) is 0. The van der Waals surface area contributed by atoms with Crippen LogP contribution in [0, 0.1) is 46.6 Å². The maximum absolute atomic E-state index is 17.5. The Hall–Kier alpha value is -6.43. The molecule has 350 valence electrons. The van der Waals surface area contributed by atoms with Gasteiger partial charge in [-0.2, -0.15) is 28.0 Å². The number of aromatic nitrogens is 4. The Labute approximate surface area is 435 Å². The van der Waals surface area contributed by atoms with Gasteiger partial charge in [0.15, 0.2) is 5.78 Å². The third kappa shape index (κ3) is 5.67. The Morgan fingerprint density at radius 3 is 1.69 bits per heavy atom. The monoisotopic (exact) mass is 1050 g/mol. The average molecular weight is 1050 g/mol. The minimum Gasteiger partial charge on any atom is -0.293 e. The molecule has 72 heavy (non-hydrogen) atoms. The van der Waals surface area contributed by atoms with Crippen molar-refractivity contribution in [2.24, 2.45) is 5.41 Å². The quantitative estimate of drug-likeness (QED) is 0.152. The fourth-order valence-corrected chi connectivity index (χ4v) is 19.3. The van der Waals surface area contributed by atoms with Gasteiger partial charge < -0.3 is 0 Å². The van der Waals surface area contributed by atoms with Crippen molar-refractivity contribution in [1.29, 1.82) is 10.5 Å². The first-order valence-electron chi connectivity index (χ1n) is 23.5. The highest BCUT2D eigenvalue weighted by Crippen LogP contribution is 2.65. The Bertz CT molecular complexity index is 4430. The van der Waals surface area contributed by atoms with Crippen LogP contribution in [0.25, 0.3) is 99.0 Å². The number of thiophene rings is 4. The lowest BCUT2D eigenvalue weighted by Gasteiger charge is -2.25. The van der Waals surface area contributed by atoms with E-state index in [1.165, 1.54) is 34.4 Å². The molecule has 14 rings (SSSR count). The van der Waals surface area contributed by atoms with E-state index in [-0.39, 0.29) is 23.0 Å². The van der Waals surface area contributed by atoms with Gasteiger partial charge in [0, 0.05) is 63.7 Å². The molecule has 3 aliphatic rings. The number of carbonyl (C=O) groups excluding carboxylic acids is 1. The largest absolute Gasteiger partial charge is 0.293 e. The van der Waals surface area contributed by atoms with Gasteiger partial charge in [-0.05, 0) is 107 Å². The SMILES string of the molecule is Cc1ccc(-c2cc3cc4c(c(F)c3s2)-c2sc3c5c(sc3c2C4(C)C)-c2c(cc3cc(-c4ccc(CCCC6(C)C(=O)c7ccccc7C6=C(C#N)C#N)c6nsnc46)sc3c2F)C5(C)C)c2nsnc12. The number of rotatable bonds is 6. The summed E-state index contributed by atoms with van der Waals surface area (Å²) in [6.45, 7) is 12.7. The number of Topliss-reactive ketones (excluding diaryl/α,β-unsaturated/α-hetero) is 1. The number of benzene rings is 5. The first-order chi connectivity index (χ1) is 34.6. The first kappa shape index (κ1) is 44.3. The lowest BCUT2D eigenvalue weighted by molar-refractivity contribution is 0.0880. The summed E-state index contributed by atoms with van der Waals surface area (Å²) in [5, 5.41) is 21.5. The summed E-state index contributed by atoms with van der Waals surface area (Å²) in [6, 6.07) is 28.1. The molecule has 0 saturated heterocycles. The van der Waals surface area contributed by atoms with Crippen molar-refractivity contribution in [3.05, 3.63) is 135 Å². The zero-order valence-electron chi connectivity index (χ0n) is 39.3. The number of carbonyl (C=O) groups is 1. The van der Waals surface area contributed by atoms with Gasteiger partial charge in [0.1, 0.15) is 51.4 Å². The van der Waals surface area contributed by atoms with Gasteiger partial charge in [0.2, 0.25) is 0 Å². The number of nitriles is 2. The van der Waals surface area contributed by atoms with E-state index < -0.39 is 16.2 Å². The third-order valence-corrected chi connectivity index (χ3v) is 21.8. The fourth-order valence-electron chi connectivity index (χ4n) is 12.2. The molecule has 11 aromatic rings. The molecule has 0 spiro atoms. The molecular weight excluding hydrogens is 1020 g/mol. The van der Waals surface area contributed by atoms with E-state index in [1.54, 1.807) is 28.7 Å². The minimum absolute atomic E-state index is 0.0304. The van der Waals surface area contributed by atoms with E-state index in [1.807, 2.05) is 50.3 Å². The minimum atomic E-state index is -1.01.